The Morgan fingerprint density at radius 3 is 2.62 bits per heavy atom. The number of piperidine rings is 1. The second kappa shape index (κ2) is 5.98. The average molecular weight is 282 g/mol. The lowest BCUT2D eigenvalue weighted by molar-refractivity contribution is 0.0819. The van der Waals surface area contributed by atoms with Crippen molar-refractivity contribution in [3.63, 3.8) is 0 Å². The van der Waals surface area contributed by atoms with Gasteiger partial charge in [0.2, 0.25) is 0 Å². The van der Waals surface area contributed by atoms with Crippen molar-refractivity contribution in [1.82, 2.24) is 9.78 Å². The van der Waals surface area contributed by atoms with Crippen LogP contribution < -0.4 is 4.90 Å². The number of rotatable bonds is 3. The summed E-state index contributed by atoms with van der Waals surface area (Å²) in [4.78, 5) is 2.26. The third-order valence-corrected chi connectivity index (χ3v) is 4.00. The molecule has 5 heteroatoms. The first-order valence-corrected chi connectivity index (χ1v) is 7.14. The predicted molar refractivity (Wildman–Crippen MR) is 80.5 cm³/mol. The zero-order valence-corrected chi connectivity index (χ0v) is 12.1. The number of anilines is 1. The van der Waals surface area contributed by atoms with Crippen molar-refractivity contribution in [1.29, 1.82) is 5.26 Å². The predicted octanol–water partition coefficient (Wildman–Crippen LogP) is 2.36. The summed E-state index contributed by atoms with van der Waals surface area (Å²) in [6.07, 6.45) is 5.90. The monoisotopic (exact) mass is 282 g/mol. The van der Waals surface area contributed by atoms with E-state index in [1.54, 1.807) is 18.0 Å². The van der Waals surface area contributed by atoms with E-state index in [9.17, 15) is 5.26 Å². The van der Waals surface area contributed by atoms with E-state index < -0.39 is 0 Å². The molecule has 3 rings (SSSR count). The van der Waals surface area contributed by atoms with Gasteiger partial charge in [0.05, 0.1) is 17.5 Å². The molecule has 0 amide bonds. The molecule has 0 bridgehead atoms. The van der Waals surface area contributed by atoms with Gasteiger partial charge < -0.3 is 9.64 Å². The van der Waals surface area contributed by atoms with Gasteiger partial charge >= 0.3 is 0 Å². The SMILES string of the molecule is COC1CCN(c2cccc(-n3cccn3)c2C#N)CC1. The highest BCUT2D eigenvalue weighted by atomic mass is 16.5. The molecule has 1 aromatic carbocycles. The third-order valence-electron chi connectivity index (χ3n) is 4.00. The number of ether oxygens (including phenoxy) is 1. The van der Waals surface area contributed by atoms with Crippen molar-refractivity contribution in [3.05, 3.63) is 42.2 Å². The number of nitrogens with zero attached hydrogens (tertiary/aromatic N) is 4. The summed E-state index contributed by atoms with van der Waals surface area (Å²) in [6, 6.07) is 10.1. The summed E-state index contributed by atoms with van der Waals surface area (Å²) in [5.41, 5.74) is 2.49. The van der Waals surface area contributed by atoms with E-state index in [1.165, 1.54) is 0 Å². The van der Waals surface area contributed by atoms with Gasteiger partial charge in [-0.2, -0.15) is 10.4 Å². The molecule has 1 aliphatic rings. The second-order valence-electron chi connectivity index (χ2n) is 5.16. The Bertz CT molecular complexity index is 637. The van der Waals surface area contributed by atoms with Gasteiger partial charge in [-0.15, -0.1) is 0 Å². The lowest BCUT2D eigenvalue weighted by atomic mass is 10.0. The lowest BCUT2D eigenvalue weighted by Gasteiger charge is -2.33. The number of hydrogen-bond acceptors (Lipinski definition) is 4. The van der Waals surface area contributed by atoms with Crippen molar-refractivity contribution < 1.29 is 4.74 Å². The van der Waals surface area contributed by atoms with E-state index in [0.717, 1.165) is 37.3 Å². The van der Waals surface area contributed by atoms with Gasteiger partial charge in [-0.1, -0.05) is 6.07 Å². The molecule has 0 spiro atoms. The number of hydrogen-bond donors (Lipinski definition) is 0. The molecular weight excluding hydrogens is 264 g/mol. The first-order valence-electron chi connectivity index (χ1n) is 7.14. The molecule has 5 nitrogen and oxygen atoms in total. The summed E-state index contributed by atoms with van der Waals surface area (Å²) in [7, 11) is 1.76. The van der Waals surface area contributed by atoms with Crippen LogP contribution in [-0.2, 0) is 4.74 Å². The molecule has 0 saturated carbocycles. The van der Waals surface area contributed by atoms with Crippen LogP contribution in [0.1, 0.15) is 18.4 Å². The summed E-state index contributed by atoms with van der Waals surface area (Å²) >= 11 is 0. The van der Waals surface area contributed by atoms with E-state index in [4.69, 9.17) is 4.74 Å². The van der Waals surface area contributed by atoms with E-state index in [0.29, 0.717) is 11.7 Å². The Kier molecular flexibility index (Phi) is 3.89. The molecule has 0 aliphatic carbocycles. The smallest absolute Gasteiger partial charge is 0.104 e. The van der Waals surface area contributed by atoms with Crippen LogP contribution in [0, 0.1) is 11.3 Å². The van der Waals surface area contributed by atoms with Gasteiger partial charge in [0.25, 0.3) is 0 Å². The highest BCUT2D eigenvalue weighted by Crippen LogP contribution is 2.28. The van der Waals surface area contributed by atoms with Crippen molar-refractivity contribution in [3.8, 4) is 11.8 Å². The van der Waals surface area contributed by atoms with Crippen LogP contribution in [0.4, 0.5) is 5.69 Å². The highest BCUT2D eigenvalue weighted by molar-refractivity contribution is 5.67. The molecular formula is C16H18N4O. The van der Waals surface area contributed by atoms with Crippen LogP contribution in [-0.4, -0.2) is 36.1 Å². The Morgan fingerprint density at radius 2 is 2.00 bits per heavy atom. The molecule has 1 fully saturated rings. The molecule has 1 aliphatic heterocycles. The van der Waals surface area contributed by atoms with Crippen molar-refractivity contribution in [2.45, 2.75) is 18.9 Å². The van der Waals surface area contributed by atoms with Crippen LogP contribution in [0.2, 0.25) is 0 Å². The van der Waals surface area contributed by atoms with Crippen LogP contribution in [0.5, 0.6) is 0 Å². The molecule has 108 valence electrons. The molecule has 0 atom stereocenters. The molecule has 2 aromatic rings. The largest absolute Gasteiger partial charge is 0.381 e. The fourth-order valence-corrected chi connectivity index (χ4v) is 2.84. The van der Waals surface area contributed by atoms with Crippen LogP contribution >= 0.6 is 0 Å². The standard InChI is InChI=1S/C16H18N4O/c1-21-13-6-10-19(11-7-13)15-4-2-5-16(14(15)12-17)20-9-3-8-18-20/h2-5,8-9,13H,6-7,10-11H2,1H3. The Morgan fingerprint density at radius 1 is 1.24 bits per heavy atom. The summed E-state index contributed by atoms with van der Waals surface area (Å²) in [5.74, 6) is 0. The van der Waals surface area contributed by atoms with E-state index >= 15 is 0 Å². The third kappa shape index (κ3) is 2.63. The first-order chi connectivity index (χ1) is 10.3. The zero-order valence-electron chi connectivity index (χ0n) is 12.1. The van der Waals surface area contributed by atoms with E-state index in [-0.39, 0.29) is 0 Å². The van der Waals surface area contributed by atoms with Gasteiger partial charge in [0.15, 0.2) is 0 Å². The molecule has 1 aromatic heterocycles. The summed E-state index contributed by atoms with van der Waals surface area (Å²) in [6.45, 7) is 1.82. The van der Waals surface area contributed by atoms with Crippen molar-refractivity contribution >= 4 is 5.69 Å². The maximum atomic E-state index is 9.58. The second-order valence-corrected chi connectivity index (χ2v) is 5.16. The Labute approximate surface area is 124 Å². The normalized spacial score (nSPS) is 15.9. The fourth-order valence-electron chi connectivity index (χ4n) is 2.84. The Hall–Kier alpha value is -2.32. The fraction of sp³-hybridized carbons (Fsp3) is 0.375. The van der Waals surface area contributed by atoms with Gasteiger partial charge in [-0.3, -0.25) is 0 Å². The topological polar surface area (TPSA) is 54.1 Å². The minimum absolute atomic E-state index is 0.334. The lowest BCUT2D eigenvalue weighted by Crippen LogP contribution is -2.37. The highest BCUT2D eigenvalue weighted by Gasteiger charge is 2.22. The number of methoxy groups -OCH3 is 1. The van der Waals surface area contributed by atoms with Crippen LogP contribution in [0.15, 0.2) is 36.7 Å². The van der Waals surface area contributed by atoms with Gasteiger partial charge in [-0.05, 0) is 31.0 Å². The van der Waals surface area contributed by atoms with E-state index in [1.807, 2.05) is 30.5 Å². The quantitative estimate of drug-likeness (QED) is 0.867. The molecule has 21 heavy (non-hydrogen) atoms. The molecule has 0 N–H and O–H groups in total. The summed E-state index contributed by atoms with van der Waals surface area (Å²) < 4.78 is 7.15. The minimum Gasteiger partial charge on any atom is -0.381 e. The van der Waals surface area contributed by atoms with Crippen molar-refractivity contribution in [2.75, 3.05) is 25.1 Å². The average Bonchev–Trinajstić information content (AvgIpc) is 3.08. The van der Waals surface area contributed by atoms with Crippen LogP contribution in [0.25, 0.3) is 5.69 Å². The van der Waals surface area contributed by atoms with Crippen molar-refractivity contribution in [2.24, 2.45) is 0 Å². The number of benzene rings is 1. The minimum atomic E-state index is 0.334. The maximum Gasteiger partial charge on any atom is 0.104 e. The van der Waals surface area contributed by atoms with Crippen LogP contribution in [0.3, 0.4) is 0 Å². The van der Waals surface area contributed by atoms with Gasteiger partial charge in [-0.25, -0.2) is 4.68 Å². The molecule has 1 saturated heterocycles. The molecule has 0 radical (unpaired) electrons. The number of nitriles is 1. The molecule has 2 heterocycles. The zero-order chi connectivity index (χ0) is 14.7. The maximum absolute atomic E-state index is 9.58. The summed E-state index contributed by atoms with van der Waals surface area (Å²) in [5, 5.41) is 13.8. The first kappa shape index (κ1) is 13.7. The van der Waals surface area contributed by atoms with Gasteiger partial charge in [0.1, 0.15) is 11.6 Å². The molecule has 0 unspecified atom stereocenters. The van der Waals surface area contributed by atoms with E-state index in [2.05, 4.69) is 16.1 Å². The van der Waals surface area contributed by atoms with Gasteiger partial charge in [0, 0.05) is 32.6 Å². The number of aromatic nitrogens is 2. The Balaban J connectivity index is 1.93.